The van der Waals surface area contributed by atoms with Gasteiger partial charge in [0.1, 0.15) is 0 Å². The Bertz CT molecular complexity index is 2760. The molecule has 0 amide bonds. The Balaban J connectivity index is 1.20. The van der Waals surface area contributed by atoms with E-state index in [1.54, 1.807) is 0 Å². The number of aromatic nitrogens is 1. The van der Waals surface area contributed by atoms with Gasteiger partial charge in [0.2, 0.25) is 0 Å². The van der Waals surface area contributed by atoms with Crippen molar-refractivity contribution in [2.45, 2.75) is 0 Å². The molecule has 9 aromatic carbocycles. The molecule has 0 aliphatic heterocycles. The van der Waals surface area contributed by atoms with Gasteiger partial charge in [-0.3, -0.25) is 4.98 Å². The second kappa shape index (κ2) is 12.4. The Hall–Kier alpha value is -6.97. The summed E-state index contributed by atoms with van der Waals surface area (Å²) in [4.78, 5) is 9.38. The van der Waals surface area contributed by atoms with Gasteiger partial charge in [-0.1, -0.05) is 121 Å². The first kappa shape index (κ1) is 29.9. The lowest BCUT2D eigenvalue weighted by Gasteiger charge is -2.28. The van der Waals surface area contributed by atoms with Crippen molar-refractivity contribution in [3.63, 3.8) is 0 Å². The first-order valence-corrected chi connectivity index (χ1v) is 17.7. The standard InChI is InChI=1S/C49H33N3/c1-5-13-36(14-6-1)51(37-15-7-2-8-16-37)46-30-28-41(45-33-50-32-31-42(45)46)40-25-21-34-23-27-44-47(29-24-35-22-26-43(40)48(34)49(35)44)52(38-17-9-3-10-18-38)39-19-11-4-12-20-39/h1-33H. The topological polar surface area (TPSA) is 19.4 Å². The van der Waals surface area contributed by atoms with Crippen molar-refractivity contribution in [1.29, 1.82) is 0 Å². The van der Waals surface area contributed by atoms with E-state index in [0.29, 0.717) is 0 Å². The quantitative estimate of drug-likeness (QED) is 0.158. The zero-order valence-electron chi connectivity index (χ0n) is 28.4. The number of fused-ring (bicyclic) bond motifs is 1. The van der Waals surface area contributed by atoms with Crippen molar-refractivity contribution in [2.75, 3.05) is 9.80 Å². The Kier molecular flexibility index (Phi) is 7.14. The fraction of sp³-hybridized carbons (Fsp3) is 0. The first-order chi connectivity index (χ1) is 25.8. The van der Waals surface area contributed by atoms with E-state index >= 15 is 0 Å². The van der Waals surface area contributed by atoms with Gasteiger partial charge in [-0.15, -0.1) is 0 Å². The zero-order chi connectivity index (χ0) is 34.4. The summed E-state index contributed by atoms with van der Waals surface area (Å²) in [5.41, 5.74) is 9.11. The summed E-state index contributed by atoms with van der Waals surface area (Å²) in [6.07, 6.45) is 3.93. The van der Waals surface area contributed by atoms with E-state index in [-0.39, 0.29) is 0 Å². The number of anilines is 6. The molecule has 0 radical (unpaired) electrons. The van der Waals surface area contributed by atoms with E-state index in [1.807, 2.05) is 12.4 Å². The second-order valence-electron chi connectivity index (χ2n) is 13.2. The van der Waals surface area contributed by atoms with E-state index in [0.717, 1.165) is 44.9 Å². The Morgan fingerprint density at radius 2 is 0.712 bits per heavy atom. The first-order valence-electron chi connectivity index (χ1n) is 17.7. The van der Waals surface area contributed by atoms with Crippen LogP contribution in [-0.4, -0.2) is 4.98 Å². The molecule has 52 heavy (non-hydrogen) atoms. The van der Waals surface area contributed by atoms with Crippen molar-refractivity contribution in [3.05, 3.63) is 200 Å². The monoisotopic (exact) mass is 663 g/mol. The summed E-state index contributed by atoms with van der Waals surface area (Å²) < 4.78 is 0. The van der Waals surface area contributed by atoms with Crippen molar-refractivity contribution in [3.8, 4) is 11.1 Å². The third-order valence-electron chi connectivity index (χ3n) is 10.3. The smallest absolute Gasteiger partial charge is 0.0541 e. The lowest BCUT2D eigenvalue weighted by Crippen LogP contribution is -2.10. The van der Waals surface area contributed by atoms with E-state index < -0.39 is 0 Å². The fourth-order valence-electron chi connectivity index (χ4n) is 7.98. The highest BCUT2D eigenvalue weighted by Crippen LogP contribution is 2.47. The second-order valence-corrected chi connectivity index (χ2v) is 13.2. The normalized spacial score (nSPS) is 11.5. The molecular weight excluding hydrogens is 631 g/mol. The van der Waals surface area contributed by atoms with Gasteiger partial charge < -0.3 is 9.80 Å². The lowest BCUT2D eigenvalue weighted by atomic mass is 9.88. The summed E-state index contributed by atoms with van der Waals surface area (Å²) in [7, 11) is 0. The number of hydrogen-bond acceptors (Lipinski definition) is 3. The van der Waals surface area contributed by atoms with Crippen LogP contribution in [0.15, 0.2) is 200 Å². The summed E-state index contributed by atoms with van der Waals surface area (Å²) in [5, 5.41) is 9.76. The average molecular weight is 664 g/mol. The Labute approximate surface area is 302 Å². The molecule has 0 aliphatic rings. The van der Waals surface area contributed by atoms with Crippen molar-refractivity contribution < 1.29 is 0 Å². The third-order valence-corrected chi connectivity index (χ3v) is 10.3. The van der Waals surface area contributed by atoms with Gasteiger partial charge in [-0.25, -0.2) is 0 Å². The maximum atomic E-state index is 4.67. The van der Waals surface area contributed by atoms with Crippen LogP contribution in [0.2, 0.25) is 0 Å². The van der Waals surface area contributed by atoms with E-state index in [4.69, 9.17) is 0 Å². The number of para-hydroxylation sites is 4. The molecule has 0 unspecified atom stereocenters. The van der Waals surface area contributed by atoms with Gasteiger partial charge >= 0.3 is 0 Å². The van der Waals surface area contributed by atoms with Crippen LogP contribution in [0.4, 0.5) is 34.1 Å². The number of benzene rings is 9. The largest absolute Gasteiger partial charge is 0.310 e. The van der Waals surface area contributed by atoms with Gasteiger partial charge in [0.25, 0.3) is 0 Å². The highest BCUT2D eigenvalue weighted by Gasteiger charge is 2.21. The molecule has 0 saturated heterocycles. The molecule has 10 rings (SSSR count). The van der Waals surface area contributed by atoms with E-state index in [1.165, 1.54) is 43.4 Å². The molecular formula is C49H33N3. The number of nitrogens with zero attached hydrogens (tertiary/aromatic N) is 3. The zero-order valence-corrected chi connectivity index (χ0v) is 28.4. The molecule has 0 atom stereocenters. The third kappa shape index (κ3) is 4.86. The molecule has 0 saturated carbocycles. The molecule has 0 spiro atoms. The van der Waals surface area contributed by atoms with Crippen molar-refractivity contribution in [1.82, 2.24) is 4.98 Å². The van der Waals surface area contributed by atoms with Crippen LogP contribution in [0.25, 0.3) is 54.2 Å². The van der Waals surface area contributed by atoms with Crippen LogP contribution in [0.1, 0.15) is 0 Å². The molecule has 0 aliphatic carbocycles. The highest BCUT2D eigenvalue weighted by atomic mass is 15.1. The highest BCUT2D eigenvalue weighted by molar-refractivity contribution is 6.28. The predicted molar refractivity (Wildman–Crippen MR) is 220 cm³/mol. The van der Waals surface area contributed by atoms with Gasteiger partial charge in [0, 0.05) is 51.3 Å². The SMILES string of the molecule is c1ccc(N(c2ccccc2)c2ccc(-c3ccc4ccc5c(N(c6ccccc6)c6ccccc6)ccc6ccc3c4c65)c3cnccc23)cc1. The van der Waals surface area contributed by atoms with Crippen molar-refractivity contribution >= 4 is 77.2 Å². The van der Waals surface area contributed by atoms with Crippen LogP contribution < -0.4 is 9.80 Å². The van der Waals surface area contributed by atoms with Crippen LogP contribution in [0, 0.1) is 0 Å². The maximum Gasteiger partial charge on any atom is 0.0541 e. The van der Waals surface area contributed by atoms with Gasteiger partial charge in [-0.2, -0.15) is 0 Å². The minimum Gasteiger partial charge on any atom is -0.310 e. The van der Waals surface area contributed by atoms with Crippen LogP contribution in [0.5, 0.6) is 0 Å². The number of hydrogen-bond donors (Lipinski definition) is 0. The van der Waals surface area contributed by atoms with E-state index in [2.05, 4.69) is 203 Å². The van der Waals surface area contributed by atoms with Crippen LogP contribution in [-0.2, 0) is 0 Å². The minimum atomic E-state index is 1.11. The van der Waals surface area contributed by atoms with Gasteiger partial charge in [-0.05, 0) is 105 Å². The Morgan fingerprint density at radius 1 is 0.308 bits per heavy atom. The molecule has 3 heteroatoms. The summed E-state index contributed by atoms with van der Waals surface area (Å²) in [6.45, 7) is 0. The predicted octanol–water partition coefficient (Wildman–Crippen LogP) is 13.7. The van der Waals surface area contributed by atoms with Crippen LogP contribution in [0.3, 0.4) is 0 Å². The summed E-state index contributed by atoms with van der Waals surface area (Å²) >= 11 is 0. The average Bonchev–Trinajstić information content (AvgIpc) is 3.22. The molecule has 0 fully saturated rings. The molecule has 0 bridgehead atoms. The molecule has 244 valence electrons. The van der Waals surface area contributed by atoms with Crippen LogP contribution >= 0.6 is 0 Å². The molecule has 0 N–H and O–H groups in total. The molecule has 3 nitrogen and oxygen atoms in total. The Morgan fingerprint density at radius 3 is 1.27 bits per heavy atom. The molecule has 1 heterocycles. The van der Waals surface area contributed by atoms with Crippen molar-refractivity contribution in [2.24, 2.45) is 0 Å². The van der Waals surface area contributed by atoms with Gasteiger partial charge in [0.15, 0.2) is 0 Å². The summed E-state index contributed by atoms with van der Waals surface area (Å²) in [6, 6.07) is 67.5. The molecule has 10 aromatic rings. The van der Waals surface area contributed by atoms with E-state index in [9.17, 15) is 0 Å². The lowest BCUT2D eigenvalue weighted by molar-refractivity contribution is 1.29. The maximum absolute atomic E-state index is 4.67. The van der Waals surface area contributed by atoms with Gasteiger partial charge in [0.05, 0.1) is 11.4 Å². The number of rotatable bonds is 7. The minimum absolute atomic E-state index is 1.11. The number of pyridine rings is 1. The summed E-state index contributed by atoms with van der Waals surface area (Å²) in [5.74, 6) is 0. The fourth-order valence-corrected chi connectivity index (χ4v) is 7.98. The molecule has 1 aromatic heterocycles.